The van der Waals surface area contributed by atoms with Gasteiger partial charge in [-0.15, -0.1) is 11.3 Å². The highest BCUT2D eigenvalue weighted by molar-refractivity contribution is 7.17. The summed E-state index contributed by atoms with van der Waals surface area (Å²) < 4.78 is 1.11. The minimum Gasteiger partial charge on any atom is -0.481 e. The number of thiophene rings is 1. The van der Waals surface area contributed by atoms with Gasteiger partial charge in [-0.3, -0.25) is 9.78 Å². The number of hydrogen-bond acceptors (Lipinski definition) is 3. The van der Waals surface area contributed by atoms with Gasteiger partial charge < -0.3 is 5.11 Å². The van der Waals surface area contributed by atoms with Gasteiger partial charge in [0.15, 0.2) is 0 Å². The van der Waals surface area contributed by atoms with Crippen molar-refractivity contribution in [2.45, 2.75) is 5.92 Å². The summed E-state index contributed by atoms with van der Waals surface area (Å²) in [5.74, 6) is -1.48. The standard InChI is InChI=1S/C15H11NO2S/c17-15(18)14(10-5-7-16-8-6-10)12-9-19-13-4-2-1-3-11(12)13/h1-9,14H,(H,17,18). The number of aromatic nitrogens is 1. The Morgan fingerprint density at radius 3 is 2.63 bits per heavy atom. The molecule has 1 atom stereocenters. The molecule has 3 nitrogen and oxygen atoms in total. The Morgan fingerprint density at radius 2 is 1.89 bits per heavy atom. The zero-order valence-electron chi connectivity index (χ0n) is 9.98. The molecule has 0 fully saturated rings. The number of carboxylic acid groups (broad SMARTS) is 1. The van der Waals surface area contributed by atoms with Gasteiger partial charge in [-0.25, -0.2) is 0 Å². The maximum absolute atomic E-state index is 11.6. The Balaban J connectivity index is 2.18. The molecule has 94 valence electrons. The largest absolute Gasteiger partial charge is 0.481 e. The number of hydrogen-bond donors (Lipinski definition) is 1. The molecule has 0 amide bonds. The third-order valence-electron chi connectivity index (χ3n) is 3.11. The van der Waals surface area contributed by atoms with Crippen molar-refractivity contribution in [3.63, 3.8) is 0 Å². The topological polar surface area (TPSA) is 50.2 Å². The van der Waals surface area contributed by atoms with Gasteiger partial charge in [0.1, 0.15) is 5.92 Å². The van der Waals surface area contributed by atoms with Crippen LogP contribution >= 0.6 is 11.3 Å². The van der Waals surface area contributed by atoms with Crippen molar-refractivity contribution in [3.05, 3.63) is 65.3 Å². The summed E-state index contributed by atoms with van der Waals surface area (Å²) in [5, 5.41) is 12.5. The first-order valence-electron chi connectivity index (χ1n) is 5.86. The lowest BCUT2D eigenvalue weighted by atomic mass is 9.92. The molecule has 2 aromatic heterocycles. The van der Waals surface area contributed by atoms with Crippen molar-refractivity contribution in [1.82, 2.24) is 4.98 Å². The number of carbonyl (C=O) groups is 1. The lowest BCUT2D eigenvalue weighted by Gasteiger charge is -2.11. The van der Waals surface area contributed by atoms with Crippen LogP contribution in [0, 0.1) is 0 Å². The van der Waals surface area contributed by atoms with E-state index in [1.807, 2.05) is 29.6 Å². The number of benzene rings is 1. The van der Waals surface area contributed by atoms with Crippen LogP contribution in [0.2, 0.25) is 0 Å². The Kier molecular flexibility index (Phi) is 3.01. The number of carboxylic acids is 1. The fourth-order valence-corrected chi connectivity index (χ4v) is 3.22. The lowest BCUT2D eigenvalue weighted by Crippen LogP contribution is -2.12. The molecule has 0 spiro atoms. The zero-order chi connectivity index (χ0) is 13.2. The van der Waals surface area contributed by atoms with Gasteiger partial charge >= 0.3 is 5.97 Å². The quantitative estimate of drug-likeness (QED) is 0.791. The van der Waals surface area contributed by atoms with Crippen LogP contribution in [0.15, 0.2) is 54.2 Å². The molecule has 0 saturated heterocycles. The fraction of sp³-hybridized carbons (Fsp3) is 0.0667. The van der Waals surface area contributed by atoms with Crippen molar-refractivity contribution >= 4 is 27.4 Å². The number of nitrogens with zero attached hydrogens (tertiary/aromatic N) is 1. The number of fused-ring (bicyclic) bond motifs is 1. The number of rotatable bonds is 3. The monoisotopic (exact) mass is 269 g/mol. The third-order valence-corrected chi connectivity index (χ3v) is 4.09. The molecule has 0 aliphatic rings. The van der Waals surface area contributed by atoms with Crippen LogP contribution in [0.25, 0.3) is 10.1 Å². The van der Waals surface area contributed by atoms with E-state index in [2.05, 4.69) is 4.98 Å². The van der Waals surface area contributed by atoms with Crippen LogP contribution in [0.3, 0.4) is 0 Å². The molecule has 0 radical (unpaired) electrons. The third kappa shape index (κ3) is 2.11. The van der Waals surface area contributed by atoms with Crippen LogP contribution in [0.4, 0.5) is 0 Å². The van der Waals surface area contributed by atoms with E-state index in [9.17, 15) is 9.90 Å². The van der Waals surface area contributed by atoms with Crippen molar-refractivity contribution in [2.24, 2.45) is 0 Å². The molecule has 2 heterocycles. The molecule has 19 heavy (non-hydrogen) atoms. The van der Waals surface area contributed by atoms with Gasteiger partial charge in [-0.05, 0) is 40.1 Å². The van der Waals surface area contributed by atoms with Crippen LogP contribution in [0.1, 0.15) is 17.0 Å². The maximum atomic E-state index is 11.6. The van der Waals surface area contributed by atoms with Crippen LogP contribution in [-0.4, -0.2) is 16.1 Å². The van der Waals surface area contributed by atoms with Gasteiger partial charge in [0.05, 0.1) is 0 Å². The van der Waals surface area contributed by atoms with E-state index in [1.54, 1.807) is 35.9 Å². The summed E-state index contributed by atoms with van der Waals surface area (Å²) in [6.45, 7) is 0. The van der Waals surface area contributed by atoms with Gasteiger partial charge in [0, 0.05) is 17.1 Å². The smallest absolute Gasteiger partial charge is 0.315 e. The summed E-state index contributed by atoms with van der Waals surface area (Å²) in [6.07, 6.45) is 3.25. The lowest BCUT2D eigenvalue weighted by molar-refractivity contribution is -0.137. The van der Waals surface area contributed by atoms with Crippen LogP contribution in [-0.2, 0) is 4.79 Å². The second kappa shape index (κ2) is 4.82. The van der Waals surface area contributed by atoms with Gasteiger partial charge in [0.25, 0.3) is 0 Å². The van der Waals surface area contributed by atoms with E-state index in [1.165, 1.54) is 0 Å². The molecule has 0 bridgehead atoms. The summed E-state index contributed by atoms with van der Waals surface area (Å²) in [7, 11) is 0. The number of aliphatic carboxylic acids is 1. The van der Waals surface area contributed by atoms with Crippen molar-refractivity contribution in [3.8, 4) is 0 Å². The fourth-order valence-electron chi connectivity index (χ4n) is 2.23. The average Bonchev–Trinajstić information content (AvgIpc) is 2.84. The normalized spacial score (nSPS) is 12.4. The van der Waals surface area contributed by atoms with Gasteiger partial charge in [0.2, 0.25) is 0 Å². The molecule has 3 rings (SSSR count). The van der Waals surface area contributed by atoms with E-state index in [0.717, 1.165) is 21.2 Å². The highest BCUT2D eigenvalue weighted by Crippen LogP contribution is 2.34. The molecular formula is C15H11NO2S. The summed E-state index contributed by atoms with van der Waals surface area (Å²) in [4.78, 5) is 15.6. The minimum absolute atomic E-state index is 0.640. The molecule has 0 aliphatic heterocycles. The molecule has 0 aliphatic carbocycles. The molecule has 1 aromatic carbocycles. The first kappa shape index (κ1) is 11.9. The molecule has 3 aromatic rings. The predicted octanol–water partition coefficient (Wildman–Crippen LogP) is 3.51. The van der Waals surface area contributed by atoms with E-state index in [0.29, 0.717) is 0 Å². The first-order valence-corrected chi connectivity index (χ1v) is 6.74. The summed E-state index contributed by atoms with van der Waals surface area (Å²) in [6, 6.07) is 11.4. The molecule has 1 unspecified atom stereocenters. The molecule has 1 N–H and O–H groups in total. The maximum Gasteiger partial charge on any atom is 0.315 e. The minimum atomic E-state index is -0.838. The Morgan fingerprint density at radius 1 is 1.16 bits per heavy atom. The zero-order valence-corrected chi connectivity index (χ0v) is 10.8. The highest BCUT2D eigenvalue weighted by Gasteiger charge is 2.24. The SMILES string of the molecule is O=C(O)C(c1ccncc1)c1csc2ccccc12. The highest BCUT2D eigenvalue weighted by atomic mass is 32.1. The van der Waals surface area contributed by atoms with Crippen LogP contribution < -0.4 is 0 Å². The van der Waals surface area contributed by atoms with Gasteiger partial charge in [-0.1, -0.05) is 18.2 Å². The second-order valence-corrected chi connectivity index (χ2v) is 5.15. The first-order chi connectivity index (χ1) is 9.27. The molecule has 0 saturated carbocycles. The van der Waals surface area contributed by atoms with E-state index in [-0.39, 0.29) is 0 Å². The molecule has 4 heteroatoms. The average molecular weight is 269 g/mol. The predicted molar refractivity (Wildman–Crippen MR) is 75.5 cm³/mol. The number of pyridine rings is 1. The van der Waals surface area contributed by atoms with E-state index in [4.69, 9.17) is 0 Å². The summed E-state index contributed by atoms with van der Waals surface area (Å²) >= 11 is 1.58. The van der Waals surface area contributed by atoms with Crippen molar-refractivity contribution < 1.29 is 9.90 Å². The van der Waals surface area contributed by atoms with Gasteiger partial charge in [-0.2, -0.15) is 0 Å². The van der Waals surface area contributed by atoms with Crippen LogP contribution in [0.5, 0.6) is 0 Å². The Bertz CT molecular complexity index is 721. The van der Waals surface area contributed by atoms with E-state index >= 15 is 0 Å². The second-order valence-electron chi connectivity index (χ2n) is 4.24. The van der Waals surface area contributed by atoms with E-state index < -0.39 is 11.9 Å². The molecular weight excluding hydrogens is 258 g/mol. The Labute approximate surface area is 114 Å². The Hall–Kier alpha value is -2.20. The van der Waals surface area contributed by atoms with Crippen molar-refractivity contribution in [2.75, 3.05) is 0 Å². The van der Waals surface area contributed by atoms with Crippen molar-refractivity contribution in [1.29, 1.82) is 0 Å². The summed E-state index contributed by atoms with van der Waals surface area (Å²) in [5.41, 5.74) is 1.60.